The molecule has 86 valence electrons. The molecule has 6 heteroatoms. The van der Waals surface area contributed by atoms with Gasteiger partial charge in [-0.1, -0.05) is 11.6 Å². The molecule has 5 nitrogen and oxygen atoms in total. The Kier molecular flexibility index (Phi) is 3.58. The Morgan fingerprint density at radius 1 is 1.56 bits per heavy atom. The minimum atomic E-state index is 0.460. The zero-order valence-corrected chi connectivity index (χ0v) is 9.74. The van der Waals surface area contributed by atoms with E-state index >= 15 is 0 Å². The van der Waals surface area contributed by atoms with Gasteiger partial charge in [-0.2, -0.15) is 9.61 Å². The quantitative estimate of drug-likeness (QED) is 0.640. The molecule has 0 fully saturated rings. The summed E-state index contributed by atoms with van der Waals surface area (Å²) in [5.41, 5.74) is 0.738. The van der Waals surface area contributed by atoms with Crippen molar-refractivity contribution in [3.8, 4) is 0 Å². The molecule has 0 aromatic carbocycles. The molecule has 2 aromatic heterocycles. The fourth-order valence-corrected chi connectivity index (χ4v) is 1.63. The third-order valence-corrected chi connectivity index (χ3v) is 2.35. The third-order valence-electron chi connectivity index (χ3n) is 2.16. The second-order valence-corrected chi connectivity index (χ2v) is 3.73. The minimum absolute atomic E-state index is 0.460. The van der Waals surface area contributed by atoms with Gasteiger partial charge in [0.05, 0.1) is 6.20 Å². The number of nitrogens with one attached hydrogen (secondary N) is 1. The number of hydrogen-bond acceptors (Lipinski definition) is 4. The molecule has 16 heavy (non-hydrogen) atoms. The average molecular weight is 241 g/mol. The maximum Gasteiger partial charge on any atom is 0.159 e. The first-order chi connectivity index (χ1) is 7.81. The first-order valence-electron chi connectivity index (χ1n) is 5.04. The van der Waals surface area contributed by atoms with Gasteiger partial charge in [-0.3, -0.25) is 0 Å². The highest BCUT2D eigenvalue weighted by molar-refractivity contribution is 6.29. The molecule has 2 heterocycles. The summed E-state index contributed by atoms with van der Waals surface area (Å²) in [7, 11) is 1.69. The molecule has 0 atom stereocenters. The van der Waals surface area contributed by atoms with Gasteiger partial charge in [0.15, 0.2) is 5.65 Å². The van der Waals surface area contributed by atoms with E-state index in [1.807, 2.05) is 6.07 Å². The highest BCUT2D eigenvalue weighted by Crippen LogP contribution is 2.15. The lowest BCUT2D eigenvalue weighted by molar-refractivity contribution is 0.197. The van der Waals surface area contributed by atoms with Crippen molar-refractivity contribution in [1.82, 2.24) is 14.6 Å². The smallest absolute Gasteiger partial charge is 0.159 e. The number of aromatic nitrogens is 3. The van der Waals surface area contributed by atoms with Gasteiger partial charge in [0.25, 0.3) is 0 Å². The number of rotatable bonds is 5. The van der Waals surface area contributed by atoms with Crippen LogP contribution in [0.25, 0.3) is 5.65 Å². The molecule has 0 spiro atoms. The summed E-state index contributed by atoms with van der Waals surface area (Å²) in [4.78, 5) is 4.14. The van der Waals surface area contributed by atoms with Gasteiger partial charge in [-0.05, 0) is 6.42 Å². The van der Waals surface area contributed by atoms with Gasteiger partial charge in [0.2, 0.25) is 0 Å². The summed E-state index contributed by atoms with van der Waals surface area (Å²) in [5.74, 6) is 0.844. The van der Waals surface area contributed by atoms with E-state index in [-0.39, 0.29) is 0 Å². The van der Waals surface area contributed by atoms with Crippen molar-refractivity contribution in [3.05, 3.63) is 23.5 Å². The minimum Gasteiger partial charge on any atom is -0.385 e. The van der Waals surface area contributed by atoms with E-state index < -0.39 is 0 Å². The van der Waals surface area contributed by atoms with E-state index in [1.165, 1.54) is 0 Å². The predicted molar refractivity (Wildman–Crippen MR) is 63.0 cm³/mol. The molecule has 0 amide bonds. The molecule has 2 aromatic rings. The van der Waals surface area contributed by atoms with Crippen LogP contribution in [0.5, 0.6) is 0 Å². The van der Waals surface area contributed by atoms with E-state index in [2.05, 4.69) is 15.4 Å². The largest absolute Gasteiger partial charge is 0.385 e. The van der Waals surface area contributed by atoms with Gasteiger partial charge in [0, 0.05) is 32.4 Å². The normalized spacial score (nSPS) is 10.9. The summed E-state index contributed by atoms with van der Waals surface area (Å²) >= 11 is 5.90. The summed E-state index contributed by atoms with van der Waals surface area (Å²) in [6.45, 7) is 1.54. The maximum absolute atomic E-state index is 5.90. The summed E-state index contributed by atoms with van der Waals surface area (Å²) in [5, 5.41) is 7.87. The third kappa shape index (κ3) is 2.43. The first-order valence-corrected chi connectivity index (χ1v) is 5.42. The molecular weight excluding hydrogens is 228 g/mol. The molecule has 1 N–H and O–H groups in total. The molecule has 0 unspecified atom stereocenters. The van der Waals surface area contributed by atoms with Crippen molar-refractivity contribution in [2.75, 3.05) is 25.6 Å². The van der Waals surface area contributed by atoms with Crippen LogP contribution in [0, 0.1) is 0 Å². The molecule has 0 aliphatic rings. The van der Waals surface area contributed by atoms with Crippen molar-refractivity contribution in [2.24, 2.45) is 0 Å². The Balaban J connectivity index is 2.12. The number of anilines is 1. The number of ether oxygens (including phenoxy) is 1. The highest BCUT2D eigenvalue weighted by atomic mass is 35.5. The number of halogens is 1. The van der Waals surface area contributed by atoms with Crippen LogP contribution in [-0.2, 0) is 4.74 Å². The zero-order valence-electron chi connectivity index (χ0n) is 8.98. The van der Waals surface area contributed by atoms with Crippen LogP contribution >= 0.6 is 11.6 Å². The number of hydrogen-bond donors (Lipinski definition) is 1. The van der Waals surface area contributed by atoms with E-state index in [0.717, 1.165) is 31.0 Å². The van der Waals surface area contributed by atoms with Crippen molar-refractivity contribution < 1.29 is 4.74 Å². The summed E-state index contributed by atoms with van der Waals surface area (Å²) in [6, 6.07) is 3.57. The van der Waals surface area contributed by atoms with E-state index in [9.17, 15) is 0 Å². The van der Waals surface area contributed by atoms with Gasteiger partial charge in [-0.15, -0.1) is 0 Å². The Hall–Kier alpha value is -1.33. The fraction of sp³-hybridized carbons (Fsp3) is 0.400. The molecule has 0 aliphatic carbocycles. The lowest BCUT2D eigenvalue weighted by atomic mass is 10.4. The van der Waals surface area contributed by atoms with Gasteiger partial charge in [-0.25, -0.2) is 4.98 Å². The number of methoxy groups -OCH3 is 1. The molecule has 0 bridgehead atoms. The molecule has 2 rings (SSSR count). The average Bonchev–Trinajstić information content (AvgIpc) is 2.72. The van der Waals surface area contributed by atoms with Crippen LogP contribution in [-0.4, -0.2) is 34.9 Å². The molecule has 0 saturated heterocycles. The Morgan fingerprint density at radius 3 is 3.25 bits per heavy atom. The summed E-state index contributed by atoms with van der Waals surface area (Å²) in [6.07, 6.45) is 2.62. The molecule has 0 radical (unpaired) electrons. The maximum atomic E-state index is 5.90. The first kappa shape index (κ1) is 11.2. The van der Waals surface area contributed by atoms with E-state index in [4.69, 9.17) is 16.3 Å². The predicted octanol–water partition coefficient (Wildman–Crippen LogP) is 1.83. The highest BCUT2D eigenvalue weighted by Gasteiger charge is 2.03. The van der Waals surface area contributed by atoms with Crippen LogP contribution in [0.3, 0.4) is 0 Å². The van der Waals surface area contributed by atoms with Crippen molar-refractivity contribution >= 4 is 23.1 Å². The topological polar surface area (TPSA) is 51.5 Å². The molecule has 0 saturated carbocycles. The number of fused-ring (bicyclic) bond motifs is 1. The van der Waals surface area contributed by atoms with Crippen LogP contribution in [0.2, 0.25) is 5.15 Å². The lowest BCUT2D eigenvalue weighted by Crippen LogP contribution is -2.09. The van der Waals surface area contributed by atoms with Gasteiger partial charge < -0.3 is 10.1 Å². The second kappa shape index (κ2) is 5.14. The van der Waals surface area contributed by atoms with Gasteiger partial charge in [0.1, 0.15) is 11.0 Å². The van der Waals surface area contributed by atoms with Gasteiger partial charge >= 0.3 is 0 Å². The van der Waals surface area contributed by atoms with Crippen molar-refractivity contribution in [1.29, 1.82) is 0 Å². The van der Waals surface area contributed by atoms with E-state index in [0.29, 0.717) is 5.15 Å². The van der Waals surface area contributed by atoms with Crippen LogP contribution in [0.1, 0.15) is 6.42 Å². The standard InChI is InChI=1S/C10H13ClN4O/c1-16-6-2-4-12-10-7-8(11)14-9-3-5-13-15(9)10/h3,5,7,12H,2,4,6H2,1H3. The number of nitrogens with zero attached hydrogens (tertiary/aromatic N) is 3. The SMILES string of the molecule is COCCCNc1cc(Cl)nc2ccnn12. The molecule has 0 aliphatic heterocycles. The second-order valence-electron chi connectivity index (χ2n) is 3.34. The Bertz CT molecular complexity index is 471. The van der Waals surface area contributed by atoms with Crippen LogP contribution in [0.4, 0.5) is 5.82 Å². The monoisotopic (exact) mass is 240 g/mol. The fourth-order valence-electron chi connectivity index (χ4n) is 1.44. The van der Waals surface area contributed by atoms with Crippen molar-refractivity contribution in [3.63, 3.8) is 0 Å². The van der Waals surface area contributed by atoms with Crippen molar-refractivity contribution in [2.45, 2.75) is 6.42 Å². The lowest BCUT2D eigenvalue weighted by Gasteiger charge is -2.08. The van der Waals surface area contributed by atoms with E-state index in [1.54, 1.807) is 23.9 Å². The van der Waals surface area contributed by atoms with Crippen LogP contribution < -0.4 is 5.32 Å². The summed E-state index contributed by atoms with van der Waals surface area (Å²) < 4.78 is 6.70. The molecular formula is C10H13ClN4O. The Morgan fingerprint density at radius 2 is 2.44 bits per heavy atom. The van der Waals surface area contributed by atoms with Crippen LogP contribution in [0.15, 0.2) is 18.3 Å². The zero-order chi connectivity index (χ0) is 11.4. The Labute approximate surface area is 98.4 Å².